The van der Waals surface area contributed by atoms with Crippen LogP contribution in [0, 0.1) is 0 Å². The number of rotatable bonds is 5. The molecule has 0 saturated heterocycles. The fourth-order valence-electron chi connectivity index (χ4n) is 3.77. The highest BCUT2D eigenvalue weighted by atomic mass is 32.1. The maximum atomic E-state index is 13.0. The van der Waals surface area contributed by atoms with Gasteiger partial charge in [-0.2, -0.15) is 13.2 Å². The number of nitrogen functional groups attached to an aromatic ring is 1. The molecule has 36 heavy (non-hydrogen) atoms. The number of hydrogen-bond donors (Lipinski definition) is 3. The van der Waals surface area contributed by atoms with Gasteiger partial charge in [0.1, 0.15) is 25.3 Å². The number of ether oxygens (including phenoxy) is 1. The highest BCUT2D eigenvalue weighted by molar-refractivity contribution is 7.19. The highest BCUT2D eigenvalue weighted by Crippen LogP contribution is 2.33. The lowest BCUT2D eigenvalue weighted by Gasteiger charge is -2.27. The summed E-state index contributed by atoms with van der Waals surface area (Å²) in [5.41, 5.74) is 4.95. The van der Waals surface area contributed by atoms with E-state index in [2.05, 4.69) is 20.6 Å². The van der Waals surface area contributed by atoms with Crippen LogP contribution in [-0.2, 0) is 24.1 Å². The van der Waals surface area contributed by atoms with Crippen LogP contribution in [0.25, 0.3) is 10.1 Å². The summed E-state index contributed by atoms with van der Waals surface area (Å²) in [7, 11) is 0. The third-order valence-electron chi connectivity index (χ3n) is 5.60. The molecule has 1 aromatic carbocycles. The summed E-state index contributed by atoms with van der Waals surface area (Å²) in [5.74, 6) is 0.0836. The van der Waals surface area contributed by atoms with Crippen molar-refractivity contribution in [1.29, 1.82) is 0 Å². The molecule has 13 heteroatoms. The first-order valence-corrected chi connectivity index (χ1v) is 11.6. The number of alkyl halides is 3. The van der Waals surface area contributed by atoms with Gasteiger partial charge in [-0.3, -0.25) is 14.2 Å². The first kappa shape index (κ1) is 23.6. The molecule has 1 atom stereocenters. The molecule has 5 rings (SSSR count). The Morgan fingerprint density at radius 3 is 2.78 bits per heavy atom. The minimum absolute atomic E-state index is 0.0380. The van der Waals surface area contributed by atoms with Gasteiger partial charge >= 0.3 is 6.18 Å². The Morgan fingerprint density at radius 1 is 1.25 bits per heavy atom. The van der Waals surface area contributed by atoms with Crippen molar-refractivity contribution in [3.8, 4) is 5.88 Å². The van der Waals surface area contributed by atoms with Gasteiger partial charge in [0.25, 0.3) is 5.56 Å². The monoisotopic (exact) mass is 516 g/mol. The van der Waals surface area contributed by atoms with E-state index in [0.29, 0.717) is 11.4 Å². The van der Waals surface area contributed by atoms with Crippen LogP contribution in [0.2, 0.25) is 0 Å². The summed E-state index contributed by atoms with van der Waals surface area (Å²) in [6.45, 7) is 0.0688. The van der Waals surface area contributed by atoms with Gasteiger partial charge in [-0.15, -0.1) is 11.3 Å². The summed E-state index contributed by atoms with van der Waals surface area (Å²) in [4.78, 5) is 34.5. The molecule has 186 valence electrons. The molecule has 1 aliphatic heterocycles. The number of benzene rings is 1. The summed E-state index contributed by atoms with van der Waals surface area (Å²) in [6, 6.07) is 7.71. The van der Waals surface area contributed by atoms with E-state index in [-0.39, 0.29) is 31.3 Å². The quantitative estimate of drug-likeness (QED) is 0.372. The summed E-state index contributed by atoms with van der Waals surface area (Å²) in [6.07, 6.45) is -1.56. The predicted octanol–water partition coefficient (Wildman–Crippen LogP) is 3.32. The van der Waals surface area contributed by atoms with E-state index in [4.69, 9.17) is 10.5 Å². The van der Waals surface area contributed by atoms with E-state index in [1.165, 1.54) is 29.8 Å². The Balaban J connectivity index is 1.26. The Kier molecular flexibility index (Phi) is 6.00. The van der Waals surface area contributed by atoms with E-state index in [9.17, 15) is 22.8 Å². The lowest BCUT2D eigenvalue weighted by Crippen LogP contribution is -2.36. The van der Waals surface area contributed by atoms with E-state index in [0.717, 1.165) is 31.7 Å². The summed E-state index contributed by atoms with van der Waals surface area (Å²) in [5, 5.41) is 6.67. The molecule has 0 aliphatic carbocycles. The number of pyridine rings is 1. The number of carbonyl (C=O) groups excluding carboxylic acids is 1. The molecule has 0 fully saturated rings. The average molecular weight is 517 g/mol. The first-order chi connectivity index (χ1) is 17.2. The van der Waals surface area contributed by atoms with E-state index in [1.54, 1.807) is 12.3 Å². The van der Waals surface area contributed by atoms with Crippen molar-refractivity contribution in [2.24, 2.45) is 0 Å². The van der Waals surface area contributed by atoms with Crippen molar-refractivity contribution in [3.05, 3.63) is 75.3 Å². The second kappa shape index (κ2) is 9.15. The molecule has 9 nitrogen and oxygen atoms in total. The topological polar surface area (TPSA) is 124 Å². The van der Waals surface area contributed by atoms with Crippen molar-refractivity contribution in [1.82, 2.24) is 19.9 Å². The number of fused-ring (bicyclic) bond motifs is 2. The zero-order valence-corrected chi connectivity index (χ0v) is 19.3. The van der Waals surface area contributed by atoms with Gasteiger partial charge < -0.3 is 21.1 Å². The van der Waals surface area contributed by atoms with Gasteiger partial charge in [0.05, 0.1) is 18.2 Å². The SMILES string of the molecule is Nc1cc2sc(CNC(=O)Cn3cnc4c(c3=O)N[C@H](c3ccc(C(F)(F)F)cc3)CO4)cc2cn1. The molecule has 4 aromatic rings. The van der Waals surface area contributed by atoms with Crippen molar-refractivity contribution in [3.63, 3.8) is 0 Å². The number of nitrogens with two attached hydrogens (primary N) is 1. The number of nitrogens with zero attached hydrogens (tertiary/aromatic N) is 3. The Bertz CT molecular complexity index is 1500. The number of anilines is 2. The number of halogens is 3. The van der Waals surface area contributed by atoms with Gasteiger partial charge in [0, 0.05) is 21.2 Å². The second-order valence-corrected chi connectivity index (χ2v) is 9.29. The molecule has 3 aromatic heterocycles. The van der Waals surface area contributed by atoms with E-state index in [1.807, 2.05) is 6.07 Å². The number of hydrogen-bond acceptors (Lipinski definition) is 8. The Labute approximate surface area is 205 Å². The highest BCUT2D eigenvalue weighted by Gasteiger charge is 2.31. The van der Waals surface area contributed by atoms with Crippen LogP contribution in [0.5, 0.6) is 5.88 Å². The van der Waals surface area contributed by atoms with Crippen molar-refractivity contribution in [2.75, 3.05) is 17.7 Å². The summed E-state index contributed by atoms with van der Waals surface area (Å²) >= 11 is 1.48. The molecular weight excluding hydrogens is 497 g/mol. The van der Waals surface area contributed by atoms with E-state index < -0.39 is 29.2 Å². The van der Waals surface area contributed by atoms with Gasteiger partial charge in [0.15, 0.2) is 5.69 Å². The van der Waals surface area contributed by atoms with Gasteiger partial charge in [-0.05, 0) is 29.8 Å². The maximum absolute atomic E-state index is 13.0. The van der Waals surface area contributed by atoms with Crippen LogP contribution in [0.4, 0.5) is 24.7 Å². The zero-order valence-electron chi connectivity index (χ0n) is 18.5. The molecular formula is C23H19F3N6O3S. The van der Waals surface area contributed by atoms with Crippen LogP contribution < -0.4 is 26.7 Å². The Morgan fingerprint density at radius 2 is 2.03 bits per heavy atom. The number of nitrogens with one attached hydrogen (secondary N) is 2. The summed E-state index contributed by atoms with van der Waals surface area (Å²) < 4.78 is 46.2. The third-order valence-corrected chi connectivity index (χ3v) is 6.69. The minimum atomic E-state index is -4.44. The van der Waals surface area contributed by atoms with Crippen LogP contribution in [0.3, 0.4) is 0 Å². The third kappa shape index (κ3) is 4.82. The minimum Gasteiger partial charge on any atom is -0.473 e. The predicted molar refractivity (Wildman–Crippen MR) is 128 cm³/mol. The van der Waals surface area contributed by atoms with Crippen LogP contribution in [-0.4, -0.2) is 27.0 Å². The fourth-order valence-corrected chi connectivity index (χ4v) is 4.79. The number of thiophene rings is 1. The normalized spacial score (nSPS) is 15.1. The molecule has 0 saturated carbocycles. The molecule has 0 unspecified atom stereocenters. The molecule has 0 spiro atoms. The van der Waals surface area contributed by atoms with Crippen molar-refractivity contribution < 1.29 is 22.7 Å². The van der Waals surface area contributed by atoms with Crippen LogP contribution in [0.15, 0.2) is 53.7 Å². The largest absolute Gasteiger partial charge is 0.473 e. The maximum Gasteiger partial charge on any atom is 0.416 e. The fraction of sp³-hybridized carbons (Fsp3) is 0.217. The van der Waals surface area contributed by atoms with Gasteiger partial charge in [-0.1, -0.05) is 12.1 Å². The van der Waals surface area contributed by atoms with Gasteiger partial charge in [-0.25, -0.2) is 9.97 Å². The van der Waals surface area contributed by atoms with Crippen molar-refractivity contribution >= 4 is 38.8 Å². The van der Waals surface area contributed by atoms with Crippen LogP contribution >= 0.6 is 11.3 Å². The molecule has 0 bridgehead atoms. The molecule has 1 amide bonds. The molecule has 4 heterocycles. The van der Waals surface area contributed by atoms with Crippen LogP contribution in [0.1, 0.15) is 22.0 Å². The second-order valence-electron chi connectivity index (χ2n) is 8.12. The number of aromatic nitrogens is 3. The number of amides is 1. The first-order valence-electron chi connectivity index (χ1n) is 10.7. The van der Waals surface area contributed by atoms with Crippen molar-refractivity contribution in [2.45, 2.75) is 25.3 Å². The molecule has 1 aliphatic rings. The Hall–Kier alpha value is -4.13. The lowest BCUT2D eigenvalue weighted by molar-refractivity contribution is -0.137. The molecule has 4 N–H and O–H groups in total. The van der Waals surface area contributed by atoms with Gasteiger partial charge in [0.2, 0.25) is 11.8 Å². The lowest BCUT2D eigenvalue weighted by atomic mass is 10.0. The smallest absolute Gasteiger partial charge is 0.416 e. The number of carbonyl (C=O) groups is 1. The standard InChI is InChI=1S/C23H19F3N6O3S/c24-23(25,26)14-3-1-12(2-4-14)16-10-35-21-20(31-16)22(34)32(11-30-21)9-19(33)29-8-15-5-13-7-28-18(27)6-17(13)36-15/h1-7,11,16,31H,8-10H2,(H2,27,28)(H,29,33)/t16-/m0/s1. The molecule has 0 radical (unpaired) electrons. The van der Waals surface area contributed by atoms with E-state index >= 15 is 0 Å². The average Bonchev–Trinajstić information content (AvgIpc) is 3.26. The zero-order chi connectivity index (χ0) is 25.4.